The van der Waals surface area contributed by atoms with E-state index in [0.717, 1.165) is 11.8 Å². The van der Waals surface area contributed by atoms with E-state index in [9.17, 15) is 15.3 Å². The Kier molecular flexibility index (Phi) is 5.51. The highest BCUT2D eigenvalue weighted by Crippen LogP contribution is 2.42. The molecule has 1 aromatic carbocycles. The van der Waals surface area contributed by atoms with Crippen LogP contribution < -0.4 is 16.8 Å². The number of halogens is 1. The maximum absolute atomic E-state index is 11.0. The summed E-state index contributed by atoms with van der Waals surface area (Å²) in [6, 6.07) is 11.3. The fraction of sp³-hybridized carbons (Fsp3) is 0.267. The SMILES string of the molecule is N#CC1=C(SCC(N)=O)N[C@H](N)[C@@H](C#N)[C@@H]1c1ccccc1Cl. The van der Waals surface area contributed by atoms with Gasteiger partial charge in [0.1, 0.15) is 0 Å². The molecule has 118 valence electrons. The van der Waals surface area contributed by atoms with Crippen LogP contribution in [0.25, 0.3) is 0 Å². The van der Waals surface area contributed by atoms with Gasteiger partial charge in [0.05, 0.1) is 40.6 Å². The van der Waals surface area contributed by atoms with Gasteiger partial charge >= 0.3 is 0 Å². The Balaban J connectivity index is 2.55. The van der Waals surface area contributed by atoms with Crippen LogP contribution in [-0.4, -0.2) is 17.8 Å². The molecule has 6 nitrogen and oxygen atoms in total. The Morgan fingerprint density at radius 3 is 2.65 bits per heavy atom. The molecular weight excluding hydrogens is 334 g/mol. The fourth-order valence-electron chi connectivity index (χ4n) is 2.46. The number of thioether (sulfide) groups is 1. The standard InChI is InChI=1S/C15H14ClN5OS/c16-11-4-2-1-3-8(11)13-9(5-17)14(20)21-15(10(13)6-18)23-7-12(19)22/h1-4,9,13-14,21H,7,20H2,(H2,19,22)/t9-,13-,14-/m0/s1. The molecule has 0 bridgehead atoms. The highest BCUT2D eigenvalue weighted by molar-refractivity contribution is 8.03. The van der Waals surface area contributed by atoms with Crippen molar-refractivity contribution in [1.29, 1.82) is 10.5 Å². The van der Waals surface area contributed by atoms with E-state index in [2.05, 4.69) is 17.5 Å². The van der Waals surface area contributed by atoms with Gasteiger partial charge in [0, 0.05) is 10.9 Å². The number of allylic oxidation sites excluding steroid dienone is 1. The molecule has 0 unspecified atom stereocenters. The molecule has 1 aliphatic heterocycles. The summed E-state index contributed by atoms with van der Waals surface area (Å²) in [5, 5.41) is 22.9. The van der Waals surface area contributed by atoms with E-state index in [4.69, 9.17) is 23.1 Å². The number of hydrogen-bond acceptors (Lipinski definition) is 6. The normalized spacial score (nSPS) is 23.6. The van der Waals surface area contributed by atoms with Crippen molar-refractivity contribution < 1.29 is 4.79 Å². The molecule has 1 heterocycles. The predicted octanol–water partition coefficient (Wildman–Crippen LogP) is 1.41. The molecule has 0 saturated carbocycles. The van der Waals surface area contributed by atoms with Gasteiger partial charge in [0.15, 0.2) is 0 Å². The summed E-state index contributed by atoms with van der Waals surface area (Å²) >= 11 is 7.34. The van der Waals surface area contributed by atoms with Gasteiger partial charge in [0.25, 0.3) is 0 Å². The first kappa shape index (κ1) is 17.2. The van der Waals surface area contributed by atoms with Crippen LogP contribution >= 0.6 is 23.4 Å². The van der Waals surface area contributed by atoms with Crippen molar-refractivity contribution in [3.8, 4) is 12.1 Å². The molecule has 0 spiro atoms. The third-order valence-corrected chi connectivity index (χ3v) is 4.87. The lowest BCUT2D eigenvalue weighted by Gasteiger charge is -2.35. The summed E-state index contributed by atoms with van der Waals surface area (Å²) < 4.78 is 0. The van der Waals surface area contributed by atoms with Crippen LogP contribution in [0, 0.1) is 28.6 Å². The van der Waals surface area contributed by atoms with Gasteiger partial charge in [0.2, 0.25) is 5.91 Å². The van der Waals surface area contributed by atoms with Crippen LogP contribution in [-0.2, 0) is 4.79 Å². The van der Waals surface area contributed by atoms with Gasteiger partial charge < -0.3 is 16.8 Å². The Morgan fingerprint density at radius 2 is 2.09 bits per heavy atom. The van der Waals surface area contributed by atoms with Crippen LogP contribution in [0.4, 0.5) is 0 Å². The van der Waals surface area contributed by atoms with E-state index in [1.165, 1.54) is 0 Å². The molecule has 0 aromatic heterocycles. The average molecular weight is 348 g/mol. The molecule has 3 atom stereocenters. The molecular formula is C15H14ClN5OS. The second-order valence-electron chi connectivity index (χ2n) is 4.93. The number of amides is 1. The lowest BCUT2D eigenvalue weighted by molar-refractivity contribution is -0.115. The number of hydrogen-bond donors (Lipinski definition) is 3. The molecule has 1 aromatic rings. The van der Waals surface area contributed by atoms with Crippen LogP contribution in [0.2, 0.25) is 5.02 Å². The molecule has 23 heavy (non-hydrogen) atoms. The number of rotatable bonds is 4. The lowest BCUT2D eigenvalue weighted by atomic mass is 9.78. The summed E-state index contributed by atoms with van der Waals surface area (Å²) in [5.41, 5.74) is 12.2. The number of nitrogens with zero attached hydrogens (tertiary/aromatic N) is 2. The first-order valence-electron chi connectivity index (χ1n) is 6.71. The van der Waals surface area contributed by atoms with E-state index in [1.807, 2.05) is 0 Å². The summed E-state index contributed by atoms with van der Waals surface area (Å²) in [4.78, 5) is 11.0. The maximum Gasteiger partial charge on any atom is 0.227 e. The minimum Gasteiger partial charge on any atom is -0.369 e. The van der Waals surface area contributed by atoms with E-state index < -0.39 is 23.9 Å². The van der Waals surface area contributed by atoms with E-state index in [1.54, 1.807) is 24.3 Å². The largest absolute Gasteiger partial charge is 0.369 e. The number of primary amides is 1. The molecule has 0 radical (unpaired) electrons. The van der Waals surface area contributed by atoms with Crippen LogP contribution in [0.3, 0.4) is 0 Å². The van der Waals surface area contributed by atoms with Crippen molar-refractivity contribution in [2.45, 2.75) is 12.1 Å². The van der Waals surface area contributed by atoms with Crippen molar-refractivity contribution in [1.82, 2.24) is 5.32 Å². The quantitative estimate of drug-likeness (QED) is 0.755. The van der Waals surface area contributed by atoms with Crippen LogP contribution in [0.15, 0.2) is 34.9 Å². The number of nitrogens with two attached hydrogens (primary N) is 2. The second-order valence-corrected chi connectivity index (χ2v) is 6.33. The van der Waals surface area contributed by atoms with Gasteiger partial charge in [-0.1, -0.05) is 41.6 Å². The Bertz CT molecular complexity index is 736. The Labute approximate surface area is 143 Å². The monoisotopic (exact) mass is 347 g/mol. The van der Waals surface area contributed by atoms with Crippen LogP contribution in [0.5, 0.6) is 0 Å². The van der Waals surface area contributed by atoms with Gasteiger partial charge in [-0.15, -0.1) is 0 Å². The number of carbonyl (C=O) groups excluding carboxylic acids is 1. The van der Waals surface area contributed by atoms with Crippen molar-refractivity contribution in [2.75, 3.05) is 5.75 Å². The highest BCUT2D eigenvalue weighted by atomic mass is 35.5. The predicted molar refractivity (Wildman–Crippen MR) is 88.7 cm³/mol. The van der Waals surface area contributed by atoms with E-state index in [0.29, 0.717) is 21.2 Å². The molecule has 2 rings (SSSR count). The van der Waals surface area contributed by atoms with Gasteiger partial charge in [-0.2, -0.15) is 10.5 Å². The zero-order chi connectivity index (χ0) is 17.0. The van der Waals surface area contributed by atoms with Crippen molar-refractivity contribution in [3.05, 3.63) is 45.5 Å². The Hall–Kier alpha value is -2.19. The zero-order valence-electron chi connectivity index (χ0n) is 12.0. The number of nitrogens with one attached hydrogen (secondary N) is 1. The summed E-state index contributed by atoms with van der Waals surface area (Å²) in [6.07, 6.45) is -0.686. The van der Waals surface area contributed by atoms with E-state index >= 15 is 0 Å². The molecule has 1 aliphatic rings. The molecule has 0 fully saturated rings. The van der Waals surface area contributed by atoms with Gasteiger partial charge in [-0.05, 0) is 11.6 Å². The minimum atomic E-state index is -0.686. The molecule has 1 amide bonds. The van der Waals surface area contributed by atoms with E-state index in [-0.39, 0.29) is 5.75 Å². The molecule has 5 N–H and O–H groups in total. The molecule has 0 aliphatic carbocycles. The molecule has 0 saturated heterocycles. The topological polar surface area (TPSA) is 129 Å². The number of benzene rings is 1. The number of nitriles is 2. The summed E-state index contributed by atoms with van der Waals surface area (Å²) in [6.45, 7) is 0. The highest BCUT2D eigenvalue weighted by Gasteiger charge is 2.39. The third-order valence-electron chi connectivity index (χ3n) is 3.47. The van der Waals surface area contributed by atoms with Crippen molar-refractivity contribution >= 4 is 29.3 Å². The Morgan fingerprint density at radius 1 is 1.39 bits per heavy atom. The smallest absolute Gasteiger partial charge is 0.227 e. The van der Waals surface area contributed by atoms with Crippen molar-refractivity contribution in [3.63, 3.8) is 0 Å². The van der Waals surface area contributed by atoms with Crippen LogP contribution in [0.1, 0.15) is 11.5 Å². The molecule has 8 heteroatoms. The third kappa shape index (κ3) is 3.59. The number of carbonyl (C=O) groups is 1. The summed E-state index contributed by atoms with van der Waals surface area (Å²) in [5.74, 6) is -1.73. The zero-order valence-corrected chi connectivity index (χ0v) is 13.6. The first-order chi connectivity index (χ1) is 11.0. The second kappa shape index (κ2) is 7.38. The van der Waals surface area contributed by atoms with Gasteiger partial charge in [-0.25, -0.2) is 0 Å². The maximum atomic E-state index is 11.0. The lowest BCUT2D eigenvalue weighted by Crippen LogP contribution is -2.49. The fourth-order valence-corrected chi connectivity index (χ4v) is 3.55. The average Bonchev–Trinajstić information content (AvgIpc) is 2.52. The summed E-state index contributed by atoms with van der Waals surface area (Å²) in [7, 11) is 0. The minimum absolute atomic E-state index is 0.00664. The first-order valence-corrected chi connectivity index (χ1v) is 8.07. The van der Waals surface area contributed by atoms with Crippen molar-refractivity contribution in [2.24, 2.45) is 17.4 Å². The van der Waals surface area contributed by atoms with Gasteiger partial charge in [-0.3, -0.25) is 4.79 Å².